The molecule has 1 aliphatic rings. The van der Waals surface area contributed by atoms with Gasteiger partial charge in [0, 0.05) is 22.6 Å². The molecule has 3 aromatic rings. The molecule has 0 aliphatic heterocycles. The molecule has 1 saturated carbocycles. The van der Waals surface area contributed by atoms with Gasteiger partial charge in [0.05, 0.1) is 17.7 Å². The molecule has 3 aromatic carbocycles. The van der Waals surface area contributed by atoms with E-state index in [-0.39, 0.29) is 39.1 Å². The molecule has 0 radical (unpaired) electrons. The third-order valence-electron chi connectivity index (χ3n) is 7.59. The molecule has 0 heterocycles. The fourth-order valence-corrected chi connectivity index (χ4v) is 7.26. The lowest BCUT2D eigenvalue weighted by atomic mass is 9.95. The van der Waals surface area contributed by atoms with E-state index in [0.29, 0.717) is 12.2 Å². The van der Waals surface area contributed by atoms with Crippen molar-refractivity contribution >= 4 is 50.7 Å². The van der Waals surface area contributed by atoms with Gasteiger partial charge >= 0.3 is 0 Å². The molecule has 230 valence electrons. The van der Waals surface area contributed by atoms with Crippen LogP contribution in [0, 0.1) is 0 Å². The Morgan fingerprint density at radius 3 is 2.16 bits per heavy atom. The Labute approximate surface area is 264 Å². The first-order valence-corrected chi connectivity index (χ1v) is 16.6. The van der Waals surface area contributed by atoms with Crippen molar-refractivity contribution in [3.05, 3.63) is 88.4 Å². The van der Waals surface area contributed by atoms with Crippen molar-refractivity contribution < 1.29 is 22.7 Å². The second kappa shape index (κ2) is 14.9. The number of ether oxygens (including phenoxy) is 1. The van der Waals surface area contributed by atoms with Crippen molar-refractivity contribution in [2.24, 2.45) is 0 Å². The fourth-order valence-electron chi connectivity index (χ4n) is 5.32. The van der Waals surface area contributed by atoms with Crippen LogP contribution in [0.3, 0.4) is 0 Å². The van der Waals surface area contributed by atoms with Crippen LogP contribution in [-0.4, -0.2) is 50.9 Å². The molecule has 1 aliphatic carbocycles. The molecule has 1 N–H and O–H groups in total. The molecule has 0 spiro atoms. The molecule has 11 heteroatoms. The van der Waals surface area contributed by atoms with Crippen LogP contribution in [0.15, 0.2) is 77.7 Å². The molecule has 1 fully saturated rings. The first-order chi connectivity index (χ1) is 20.6. The number of benzene rings is 3. The first kappa shape index (κ1) is 32.6. The second-order valence-electron chi connectivity index (χ2n) is 10.6. The molecular formula is C32H37Cl2N3O5S. The Kier molecular flexibility index (Phi) is 11.3. The third kappa shape index (κ3) is 8.43. The van der Waals surface area contributed by atoms with E-state index in [9.17, 15) is 18.0 Å². The number of nitrogens with one attached hydrogen (secondary N) is 1. The number of anilines is 1. The molecule has 43 heavy (non-hydrogen) atoms. The molecule has 0 bridgehead atoms. The van der Waals surface area contributed by atoms with Crippen LogP contribution in [0.2, 0.25) is 10.0 Å². The number of carbonyl (C=O) groups is 2. The average molecular weight is 647 g/mol. The van der Waals surface area contributed by atoms with Gasteiger partial charge in [0.25, 0.3) is 10.0 Å². The van der Waals surface area contributed by atoms with Crippen LogP contribution in [0.5, 0.6) is 5.75 Å². The molecule has 4 rings (SSSR count). The van der Waals surface area contributed by atoms with Gasteiger partial charge in [-0.3, -0.25) is 13.9 Å². The number of hydrogen-bond acceptors (Lipinski definition) is 5. The first-order valence-electron chi connectivity index (χ1n) is 14.4. The number of sulfonamides is 1. The van der Waals surface area contributed by atoms with E-state index in [0.717, 1.165) is 42.0 Å². The number of halogens is 2. The predicted octanol–water partition coefficient (Wildman–Crippen LogP) is 6.45. The van der Waals surface area contributed by atoms with Crippen molar-refractivity contribution in [2.45, 2.75) is 69.0 Å². The number of methoxy groups -OCH3 is 1. The highest BCUT2D eigenvalue weighted by molar-refractivity contribution is 7.92. The van der Waals surface area contributed by atoms with Gasteiger partial charge in [-0.2, -0.15) is 0 Å². The van der Waals surface area contributed by atoms with Gasteiger partial charge in [-0.05, 0) is 67.3 Å². The molecule has 0 saturated heterocycles. The summed E-state index contributed by atoms with van der Waals surface area (Å²) < 4.78 is 34.2. The minimum Gasteiger partial charge on any atom is -0.497 e. The highest BCUT2D eigenvalue weighted by atomic mass is 35.5. The van der Waals surface area contributed by atoms with Crippen LogP contribution in [-0.2, 0) is 26.2 Å². The predicted molar refractivity (Wildman–Crippen MR) is 170 cm³/mol. The average Bonchev–Trinajstić information content (AvgIpc) is 3.00. The molecule has 0 aromatic heterocycles. The van der Waals surface area contributed by atoms with Crippen LogP contribution in [0.25, 0.3) is 0 Å². The second-order valence-corrected chi connectivity index (χ2v) is 13.3. The zero-order valence-corrected chi connectivity index (χ0v) is 26.7. The summed E-state index contributed by atoms with van der Waals surface area (Å²) in [7, 11) is -2.66. The van der Waals surface area contributed by atoms with Crippen LogP contribution in [0.1, 0.15) is 51.0 Å². The highest BCUT2D eigenvalue weighted by Crippen LogP contribution is 2.30. The number of amides is 2. The summed E-state index contributed by atoms with van der Waals surface area (Å²) in [5.74, 6) is -0.140. The highest BCUT2D eigenvalue weighted by Gasteiger charge is 2.34. The van der Waals surface area contributed by atoms with Crippen molar-refractivity contribution in [1.82, 2.24) is 10.2 Å². The van der Waals surface area contributed by atoms with Crippen molar-refractivity contribution in [2.75, 3.05) is 18.0 Å². The Hall–Kier alpha value is -3.27. The van der Waals surface area contributed by atoms with E-state index in [1.165, 1.54) is 35.2 Å². The summed E-state index contributed by atoms with van der Waals surface area (Å²) >= 11 is 12.5. The number of hydrogen-bond donors (Lipinski definition) is 1. The maximum Gasteiger partial charge on any atom is 0.264 e. The van der Waals surface area contributed by atoms with E-state index in [2.05, 4.69) is 5.32 Å². The van der Waals surface area contributed by atoms with E-state index in [4.69, 9.17) is 27.9 Å². The molecule has 2 amide bonds. The quantitative estimate of drug-likeness (QED) is 0.244. The van der Waals surface area contributed by atoms with Gasteiger partial charge < -0.3 is 15.0 Å². The zero-order valence-electron chi connectivity index (χ0n) is 24.3. The zero-order chi connectivity index (χ0) is 31.0. The van der Waals surface area contributed by atoms with Crippen LogP contribution >= 0.6 is 23.2 Å². The van der Waals surface area contributed by atoms with E-state index < -0.39 is 28.5 Å². The van der Waals surface area contributed by atoms with Gasteiger partial charge in [-0.1, -0.05) is 79.7 Å². The largest absolute Gasteiger partial charge is 0.497 e. The topological polar surface area (TPSA) is 96.0 Å². The fraction of sp³-hybridized carbons (Fsp3) is 0.375. The smallest absolute Gasteiger partial charge is 0.264 e. The van der Waals surface area contributed by atoms with Gasteiger partial charge in [0.1, 0.15) is 18.3 Å². The van der Waals surface area contributed by atoms with E-state index in [1.54, 1.807) is 37.4 Å². The Morgan fingerprint density at radius 1 is 0.953 bits per heavy atom. The Bertz CT molecular complexity index is 1480. The van der Waals surface area contributed by atoms with Crippen molar-refractivity contribution in [3.8, 4) is 5.75 Å². The number of rotatable bonds is 12. The molecule has 0 unspecified atom stereocenters. The SMILES string of the molecule is CC[C@H](C(=O)NC1CCCCC1)N(Cc1ccc(OC)cc1)C(=O)CN(c1cc(Cl)cc(Cl)c1)S(=O)(=O)c1ccccc1. The number of nitrogens with zero attached hydrogens (tertiary/aromatic N) is 2. The van der Waals surface area contributed by atoms with E-state index in [1.807, 2.05) is 19.1 Å². The summed E-state index contributed by atoms with van der Waals surface area (Å²) in [4.78, 5) is 29.4. The summed E-state index contributed by atoms with van der Waals surface area (Å²) in [5.41, 5.74) is 0.903. The lowest BCUT2D eigenvalue weighted by Crippen LogP contribution is -2.54. The summed E-state index contributed by atoms with van der Waals surface area (Å²) in [6.45, 7) is 1.36. The number of carbonyl (C=O) groups excluding carboxylic acids is 2. The van der Waals surface area contributed by atoms with Crippen molar-refractivity contribution in [1.29, 1.82) is 0 Å². The monoisotopic (exact) mass is 645 g/mol. The van der Waals surface area contributed by atoms with E-state index >= 15 is 0 Å². The molecule has 1 atom stereocenters. The van der Waals surface area contributed by atoms with Crippen molar-refractivity contribution in [3.63, 3.8) is 0 Å². The minimum atomic E-state index is -4.22. The summed E-state index contributed by atoms with van der Waals surface area (Å²) in [6, 6.07) is 18.7. The van der Waals surface area contributed by atoms with Gasteiger partial charge in [-0.25, -0.2) is 8.42 Å². The lowest BCUT2D eigenvalue weighted by molar-refractivity contribution is -0.140. The third-order valence-corrected chi connectivity index (χ3v) is 9.82. The van der Waals surface area contributed by atoms with Gasteiger partial charge in [-0.15, -0.1) is 0 Å². The minimum absolute atomic E-state index is 0.00249. The Morgan fingerprint density at radius 2 is 1.58 bits per heavy atom. The maximum atomic E-state index is 14.2. The standard InChI is InChI=1S/C32H37Cl2N3O5S/c1-3-30(32(39)35-26-10-6-4-7-11-26)36(21-23-14-16-28(42-2)17-15-23)31(38)22-37(27-19-24(33)18-25(34)20-27)43(40,41)29-12-8-5-9-13-29/h5,8-9,12-20,26,30H,3-4,6-7,10-11,21-22H2,1-2H3,(H,35,39)/t30-/m1/s1. The van der Waals surface area contributed by atoms with Gasteiger partial charge in [0.2, 0.25) is 11.8 Å². The summed E-state index contributed by atoms with van der Waals surface area (Å²) in [5, 5.41) is 3.58. The Balaban J connectivity index is 1.72. The maximum absolute atomic E-state index is 14.2. The van der Waals surface area contributed by atoms with Crippen LogP contribution in [0.4, 0.5) is 5.69 Å². The van der Waals surface area contributed by atoms with Gasteiger partial charge in [0.15, 0.2) is 0 Å². The molecular weight excluding hydrogens is 609 g/mol. The molecule has 8 nitrogen and oxygen atoms in total. The normalized spacial score (nSPS) is 14.5. The lowest BCUT2D eigenvalue weighted by Gasteiger charge is -2.34. The van der Waals surface area contributed by atoms with Crippen LogP contribution < -0.4 is 14.4 Å². The summed E-state index contributed by atoms with van der Waals surface area (Å²) in [6.07, 6.45) is 5.37.